The van der Waals surface area contributed by atoms with E-state index in [4.69, 9.17) is 11.6 Å². The first-order chi connectivity index (χ1) is 16.4. The number of carbonyl (C=O) groups is 1. The van der Waals surface area contributed by atoms with E-state index in [0.29, 0.717) is 26.5 Å². The first-order valence-electron chi connectivity index (χ1n) is 10.5. The fraction of sp³-hybridized carbons (Fsp3) is 0.0741. The summed E-state index contributed by atoms with van der Waals surface area (Å²) in [6.07, 6.45) is 1.68. The van der Waals surface area contributed by atoms with Gasteiger partial charge in [-0.15, -0.1) is 11.3 Å². The van der Waals surface area contributed by atoms with Crippen molar-refractivity contribution < 1.29 is 4.79 Å². The van der Waals surface area contributed by atoms with Gasteiger partial charge in [-0.2, -0.15) is 5.26 Å². The van der Waals surface area contributed by atoms with Crippen LogP contribution in [0, 0.1) is 25.2 Å². The predicted octanol–water partition coefficient (Wildman–Crippen LogP) is 4.31. The summed E-state index contributed by atoms with van der Waals surface area (Å²) in [5, 5.41) is 13.3. The first kappa shape index (κ1) is 23.2. The minimum Gasteiger partial charge on any atom is -0.321 e. The summed E-state index contributed by atoms with van der Waals surface area (Å²) in [6.45, 7) is 3.80. The van der Waals surface area contributed by atoms with Gasteiger partial charge in [0, 0.05) is 10.7 Å². The molecule has 1 aromatic heterocycles. The number of hydrogen-bond donors (Lipinski definition) is 1. The number of amides is 1. The van der Waals surface area contributed by atoms with Gasteiger partial charge >= 0.3 is 0 Å². The van der Waals surface area contributed by atoms with Gasteiger partial charge in [-0.05, 0) is 60.9 Å². The van der Waals surface area contributed by atoms with Gasteiger partial charge in [0.1, 0.15) is 10.7 Å². The van der Waals surface area contributed by atoms with Gasteiger partial charge in [0.25, 0.3) is 11.5 Å². The van der Waals surface area contributed by atoms with Crippen molar-refractivity contribution in [2.24, 2.45) is 0 Å². The lowest BCUT2D eigenvalue weighted by molar-refractivity contribution is -0.111. The van der Waals surface area contributed by atoms with E-state index < -0.39 is 5.91 Å². The molecule has 0 spiro atoms. The molecule has 1 amide bonds. The van der Waals surface area contributed by atoms with Crippen molar-refractivity contribution in [2.45, 2.75) is 13.8 Å². The Balaban J connectivity index is 1.97. The van der Waals surface area contributed by atoms with Crippen LogP contribution < -0.4 is 20.1 Å². The third-order valence-corrected chi connectivity index (χ3v) is 6.66. The Kier molecular flexibility index (Phi) is 6.78. The maximum absolute atomic E-state index is 13.5. The zero-order valence-corrected chi connectivity index (χ0v) is 20.1. The van der Waals surface area contributed by atoms with Crippen LogP contribution in [0.3, 0.4) is 0 Å². The van der Waals surface area contributed by atoms with Crippen LogP contribution in [0.4, 0.5) is 5.69 Å². The fourth-order valence-electron chi connectivity index (χ4n) is 3.45. The SMILES string of the molecule is Cc1ccc(C)c(NC(=O)C(C#N)=c2sc(=Cc3ccccc3Cl)c(=O)n2-c2ccccc2)c1. The minimum absolute atomic E-state index is 0.148. The van der Waals surface area contributed by atoms with E-state index in [0.717, 1.165) is 22.5 Å². The topological polar surface area (TPSA) is 74.9 Å². The molecule has 34 heavy (non-hydrogen) atoms. The van der Waals surface area contributed by atoms with Crippen molar-refractivity contribution in [3.05, 3.63) is 114 Å². The first-order valence-corrected chi connectivity index (χ1v) is 11.6. The summed E-state index contributed by atoms with van der Waals surface area (Å²) < 4.78 is 2.01. The number of nitriles is 1. The molecule has 0 saturated heterocycles. The number of thiazole rings is 1. The molecule has 0 unspecified atom stereocenters. The molecule has 1 heterocycles. The van der Waals surface area contributed by atoms with Gasteiger partial charge in [0.05, 0.1) is 10.2 Å². The number of aromatic nitrogens is 1. The van der Waals surface area contributed by atoms with Crippen LogP contribution >= 0.6 is 22.9 Å². The third kappa shape index (κ3) is 4.72. The van der Waals surface area contributed by atoms with E-state index in [-0.39, 0.29) is 15.8 Å². The van der Waals surface area contributed by atoms with Crippen LogP contribution in [-0.2, 0) is 4.79 Å². The van der Waals surface area contributed by atoms with Crippen LogP contribution in [-0.4, -0.2) is 10.5 Å². The maximum atomic E-state index is 13.5. The quantitative estimate of drug-likeness (QED) is 0.468. The average Bonchev–Trinajstić information content (AvgIpc) is 3.14. The zero-order chi connectivity index (χ0) is 24.2. The molecule has 0 aliphatic rings. The van der Waals surface area contributed by atoms with E-state index in [2.05, 4.69) is 5.32 Å². The lowest BCUT2D eigenvalue weighted by Gasteiger charge is -2.09. The molecular weight excluding hydrogens is 466 g/mol. The molecule has 7 heteroatoms. The molecule has 1 N–H and O–H groups in total. The monoisotopic (exact) mass is 485 g/mol. The van der Waals surface area contributed by atoms with Crippen molar-refractivity contribution in [3.63, 3.8) is 0 Å². The van der Waals surface area contributed by atoms with E-state index in [1.165, 1.54) is 4.57 Å². The van der Waals surface area contributed by atoms with Crippen LogP contribution in [0.1, 0.15) is 16.7 Å². The van der Waals surface area contributed by atoms with Crippen molar-refractivity contribution in [1.82, 2.24) is 4.57 Å². The number of hydrogen-bond acceptors (Lipinski definition) is 4. The number of anilines is 1. The van der Waals surface area contributed by atoms with Gasteiger partial charge in [-0.3, -0.25) is 14.2 Å². The second kappa shape index (κ2) is 9.92. The molecular formula is C27H20ClN3O2S. The molecule has 4 aromatic rings. The number of benzene rings is 3. The van der Waals surface area contributed by atoms with Crippen LogP contribution in [0.5, 0.6) is 0 Å². The lowest BCUT2D eigenvalue weighted by atomic mass is 10.1. The summed E-state index contributed by atoms with van der Waals surface area (Å²) in [7, 11) is 0. The van der Waals surface area contributed by atoms with Gasteiger partial charge < -0.3 is 5.32 Å². The minimum atomic E-state index is -0.577. The summed E-state index contributed by atoms with van der Waals surface area (Å²) in [5.41, 5.74) is 3.22. The van der Waals surface area contributed by atoms with Crippen molar-refractivity contribution in [1.29, 1.82) is 5.26 Å². The van der Waals surface area contributed by atoms with Crippen LogP contribution in [0.15, 0.2) is 77.6 Å². The number of para-hydroxylation sites is 1. The smallest absolute Gasteiger partial charge is 0.273 e. The molecule has 5 nitrogen and oxygen atoms in total. The van der Waals surface area contributed by atoms with Crippen molar-refractivity contribution >= 4 is 46.2 Å². The van der Waals surface area contributed by atoms with Crippen LogP contribution in [0.25, 0.3) is 17.3 Å². The Labute approximate surface area is 205 Å². The highest BCUT2D eigenvalue weighted by molar-refractivity contribution is 7.07. The van der Waals surface area contributed by atoms with Gasteiger partial charge in [0.2, 0.25) is 0 Å². The second-order valence-electron chi connectivity index (χ2n) is 7.67. The maximum Gasteiger partial charge on any atom is 0.273 e. The average molecular weight is 486 g/mol. The Bertz CT molecular complexity index is 1610. The number of nitrogens with one attached hydrogen (secondary N) is 1. The molecule has 0 atom stereocenters. The molecule has 0 aliphatic carbocycles. The molecule has 168 valence electrons. The molecule has 4 rings (SSSR count). The Morgan fingerprint density at radius 2 is 1.76 bits per heavy atom. The molecule has 0 radical (unpaired) electrons. The van der Waals surface area contributed by atoms with Crippen molar-refractivity contribution in [2.75, 3.05) is 5.32 Å². The Hall–Kier alpha value is -3.92. The fourth-order valence-corrected chi connectivity index (χ4v) is 4.73. The number of rotatable bonds is 4. The largest absolute Gasteiger partial charge is 0.321 e. The van der Waals surface area contributed by atoms with Crippen LogP contribution in [0.2, 0.25) is 5.02 Å². The number of nitrogens with zero attached hydrogens (tertiary/aromatic N) is 2. The molecule has 0 fully saturated rings. The predicted molar refractivity (Wildman–Crippen MR) is 138 cm³/mol. The van der Waals surface area contributed by atoms with E-state index >= 15 is 0 Å². The van der Waals surface area contributed by atoms with E-state index in [9.17, 15) is 14.9 Å². The molecule has 3 aromatic carbocycles. The molecule has 0 bridgehead atoms. The summed E-state index contributed by atoms with van der Waals surface area (Å²) in [4.78, 5) is 26.7. The standard InChI is InChI=1S/C27H20ClN3O2S/c1-17-12-13-18(2)23(14-17)30-25(32)21(16-29)27-31(20-9-4-3-5-10-20)26(33)24(34-27)15-19-8-6-7-11-22(19)28/h3-15H,1-2H3,(H,30,32). The van der Waals surface area contributed by atoms with Gasteiger partial charge in [-0.1, -0.05) is 60.1 Å². The number of aryl methyl sites for hydroxylation is 2. The summed E-state index contributed by atoms with van der Waals surface area (Å²) in [6, 6.07) is 23.8. The summed E-state index contributed by atoms with van der Waals surface area (Å²) in [5.74, 6) is -0.577. The second-order valence-corrected chi connectivity index (χ2v) is 9.11. The Morgan fingerprint density at radius 3 is 2.47 bits per heavy atom. The highest BCUT2D eigenvalue weighted by Gasteiger charge is 2.18. The lowest BCUT2D eigenvalue weighted by Crippen LogP contribution is -2.32. The van der Waals surface area contributed by atoms with Crippen molar-refractivity contribution in [3.8, 4) is 11.8 Å². The summed E-state index contributed by atoms with van der Waals surface area (Å²) >= 11 is 7.37. The normalized spacial score (nSPS) is 12.2. The molecule has 0 saturated carbocycles. The van der Waals surface area contributed by atoms with Gasteiger partial charge in [-0.25, -0.2) is 0 Å². The highest BCUT2D eigenvalue weighted by Crippen LogP contribution is 2.18. The van der Waals surface area contributed by atoms with E-state index in [1.807, 2.05) is 50.2 Å². The Morgan fingerprint density at radius 1 is 1.06 bits per heavy atom. The number of halogens is 1. The number of carbonyl (C=O) groups excluding carboxylic acids is 1. The highest BCUT2D eigenvalue weighted by atomic mass is 35.5. The van der Waals surface area contributed by atoms with E-state index in [1.54, 1.807) is 48.5 Å². The zero-order valence-electron chi connectivity index (χ0n) is 18.5. The molecule has 0 aliphatic heterocycles. The van der Waals surface area contributed by atoms with Gasteiger partial charge in [0.15, 0.2) is 5.57 Å². The third-order valence-electron chi connectivity index (χ3n) is 5.22.